The average molecular weight is 402 g/mol. The smallest absolute Gasteiger partial charge is 0.308 e. The van der Waals surface area contributed by atoms with Gasteiger partial charge in [-0.05, 0) is 48.5 Å². The first-order chi connectivity index (χ1) is 12.9. The van der Waals surface area contributed by atoms with Gasteiger partial charge in [-0.25, -0.2) is 13.2 Å². The summed E-state index contributed by atoms with van der Waals surface area (Å²) in [6.45, 7) is 0. The second kappa shape index (κ2) is 8.11. The van der Waals surface area contributed by atoms with Gasteiger partial charge < -0.3 is 10.6 Å². The molecule has 0 spiro atoms. The zero-order valence-corrected chi connectivity index (χ0v) is 15.6. The maximum atomic E-state index is 12.5. The van der Waals surface area contributed by atoms with Crippen LogP contribution in [0.15, 0.2) is 83.8 Å². The molecule has 3 rings (SSSR count). The minimum absolute atomic E-state index is 0.0523. The number of urea groups is 1. The lowest BCUT2D eigenvalue weighted by Gasteiger charge is -2.11. The Morgan fingerprint density at radius 2 is 1.30 bits per heavy atom. The molecule has 0 aliphatic carbocycles. The van der Waals surface area contributed by atoms with Crippen molar-refractivity contribution in [1.82, 2.24) is 0 Å². The van der Waals surface area contributed by atoms with Crippen molar-refractivity contribution in [3.8, 4) is 0 Å². The number of rotatable bonds is 5. The molecule has 3 N–H and O–H groups in total. The van der Waals surface area contributed by atoms with Crippen molar-refractivity contribution in [2.75, 3.05) is 15.4 Å². The fraction of sp³-hybridized carbons (Fsp3) is 0. The molecule has 0 bridgehead atoms. The highest BCUT2D eigenvalue weighted by atomic mass is 35.5. The van der Waals surface area contributed by atoms with Gasteiger partial charge in [-0.1, -0.05) is 41.9 Å². The summed E-state index contributed by atoms with van der Waals surface area (Å²) < 4.78 is 27.4. The lowest BCUT2D eigenvalue weighted by molar-refractivity contribution is 0.262. The number of amides is 2. The van der Waals surface area contributed by atoms with E-state index in [2.05, 4.69) is 15.4 Å². The van der Waals surface area contributed by atoms with E-state index >= 15 is 0 Å². The van der Waals surface area contributed by atoms with Gasteiger partial charge in [0.1, 0.15) is 0 Å². The van der Waals surface area contributed by atoms with Gasteiger partial charge in [0.05, 0.1) is 15.6 Å². The van der Waals surface area contributed by atoms with E-state index in [0.29, 0.717) is 22.1 Å². The third-order valence-corrected chi connectivity index (χ3v) is 5.28. The Morgan fingerprint density at radius 1 is 0.741 bits per heavy atom. The largest absolute Gasteiger partial charge is 0.323 e. The molecule has 0 atom stereocenters. The van der Waals surface area contributed by atoms with Crippen molar-refractivity contribution >= 4 is 44.7 Å². The van der Waals surface area contributed by atoms with Crippen LogP contribution in [0.1, 0.15) is 0 Å². The van der Waals surface area contributed by atoms with Crippen molar-refractivity contribution in [3.05, 3.63) is 83.9 Å². The predicted octanol–water partition coefficient (Wildman–Crippen LogP) is 4.78. The van der Waals surface area contributed by atoms with Crippen LogP contribution in [0.5, 0.6) is 0 Å². The molecule has 0 fully saturated rings. The SMILES string of the molecule is O=C(Nc1ccccc1)Nc1ccc(S(=O)(=O)Nc2ccccc2Cl)cc1. The predicted molar refractivity (Wildman–Crippen MR) is 108 cm³/mol. The summed E-state index contributed by atoms with van der Waals surface area (Å²) in [4.78, 5) is 12.0. The number of anilines is 3. The van der Waals surface area contributed by atoms with Gasteiger partial charge >= 0.3 is 6.03 Å². The summed E-state index contributed by atoms with van der Waals surface area (Å²) in [5.41, 5.74) is 1.40. The van der Waals surface area contributed by atoms with Crippen LogP contribution in [0, 0.1) is 0 Å². The van der Waals surface area contributed by atoms with E-state index < -0.39 is 16.1 Å². The fourth-order valence-corrected chi connectivity index (χ4v) is 3.60. The average Bonchev–Trinajstić information content (AvgIpc) is 2.65. The summed E-state index contributed by atoms with van der Waals surface area (Å²) in [6, 6.07) is 20.9. The second-order valence-electron chi connectivity index (χ2n) is 5.55. The lowest BCUT2D eigenvalue weighted by atomic mass is 10.3. The van der Waals surface area contributed by atoms with Crippen LogP contribution in [0.4, 0.5) is 21.9 Å². The van der Waals surface area contributed by atoms with E-state index in [9.17, 15) is 13.2 Å². The number of halogens is 1. The quantitative estimate of drug-likeness (QED) is 0.574. The molecule has 0 aliphatic heterocycles. The van der Waals surface area contributed by atoms with Crippen LogP contribution >= 0.6 is 11.6 Å². The summed E-state index contributed by atoms with van der Waals surface area (Å²) >= 11 is 5.99. The van der Waals surface area contributed by atoms with E-state index in [1.165, 1.54) is 24.3 Å². The van der Waals surface area contributed by atoms with Gasteiger partial charge in [0.2, 0.25) is 0 Å². The molecule has 27 heavy (non-hydrogen) atoms. The van der Waals surface area contributed by atoms with E-state index in [1.54, 1.807) is 48.5 Å². The molecule has 3 aromatic rings. The number of nitrogens with one attached hydrogen (secondary N) is 3. The Hall–Kier alpha value is -3.03. The van der Waals surface area contributed by atoms with Crippen LogP contribution in [0.3, 0.4) is 0 Å². The Bertz CT molecular complexity index is 1040. The minimum Gasteiger partial charge on any atom is -0.308 e. The Kier molecular flexibility index (Phi) is 5.63. The first kappa shape index (κ1) is 18.8. The van der Waals surface area contributed by atoms with Crippen molar-refractivity contribution in [2.45, 2.75) is 4.90 Å². The summed E-state index contributed by atoms with van der Waals surface area (Å²) in [6.07, 6.45) is 0. The van der Waals surface area contributed by atoms with Crippen molar-refractivity contribution in [2.24, 2.45) is 0 Å². The van der Waals surface area contributed by atoms with Crippen molar-refractivity contribution < 1.29 is 13.2 Å². The van der Waals surface area contributed by atoms with Crippen LogP contribution < -0.4 is 15.4 Å². The minimum atomic E-state index is -3.79. The number of hydrogen-bond donors (Lipinski definition) is 3. The van der Waals surface area contributed by atoms with Crippen molar-refractivity contribution in [1.29, 1.82) is 0 Å². The van der Waals surface area contributed by atoms with Crippen LogP contribution in [0.25, 0.3) is 0 Å². The maximum Gasteiger partial charge on any atom is 0.323 e. The third-order valence-electron chi connectivity index (χ3n) is 3.57. The van der Waals surface area contributed by atoms with Gasteiger partial charge in [0.15, 0.2) is 0 Å². The number of hydrogen-bond acceptors (Lipinski definition) is 3. The lowest BCUT2D eigenvalue weighted by Crippen LogP contribution is -2.19. The molecule has 3 aromatic carbocycles. The monoisotopic (exact) mass is 401 g/mol. The molecule has 0 saturated heterocycles. The standard InChI is InChI=1S/C19H16ClN3O3S/c20-17-8-4-5-9-18(17)23-27(25,26)16-12-10-15(11-13-16)22-19(24)21-14-6-2-1-3-7-14/h1-13,23H,(H2,21,22,24). The Balaban J connectivity index is 1.67. The van der Waals surface area contributed by atoms with Crippen molar-refractivity contribution in [3.63, 3.8) is 0 Å². The zero-order chi connectivity index (χ0) is 19.3. The highest BCUT2D eigenvalue weighted by Gasteiger charge is 2.15. The van der Waals surface area contributed by atoms with Crippen LogP contribution in [0.2, 0.25) is 5.02 Å². The van der Waals surface area contributed by atoms with Crippen LogP contribution in [-0.4, -0.2) is 14.4 Å². The summed E-state index contributed by atoms with van der Waals surface area (Å²) in [5, 5.41) is 5.62. The van der Waals surface area contributed by atoms with E-state index in [-0.39, 0.29) is 4.90 Å². The van der Waals surface area contributed by atoms with Gasteiger partial charge in [0.25, 0.3) is 10.0 Å². The molecule has 0 aliphatic rings. The van der Waals surface area contributed by atoms with E-state index in [1.807, 2.05) is 6.07 Å². The molecule has 2 amide bonds. The van der Waals surface area contributed by atoms with E-state index in [0.717, 1.165) is 0 Å². The normalized spacial score (nSPS) is 10.9. The number of carbonyl (C=O) groups is 1. The molecule has 0 radical (unpaired) electrons. The number of benzene rings is 3. The molecule has 0 saturated carbocycles. The topological polar surface area (TPSA) is 87.3 Å². The molecule has 0 unspecified atom stereocenters. The van der Waals surface area contributed by atoms with Gasteiger partial charge in [-0.15, -0.1) is 0 Å². The molecule has 0 aromatic heterocycles. The number of para-hydroxylation sites is 2. The molecule has 6 nitrogen and oxygen atoms in total. The molecular formula is C19H16ClN3O3S. The van der Waals surface area contributed by atoms with E-state index in [4.69, 9.17) is 11.6 Å². The zero-order valence-electron chi connectivity index (χ0n) is 14.0. The highest BCUT2D eigenvalue weighted by molar-refractivity contribution is 7.92. The second-order valence-corrected chi connectivity index (χ2v) is 7.64. The maximum absolute atomic E-state index is 12.5. The van der Waals surface area contributed by atoms with Gasteiger partial charge in [0, 0.05) is 11.4 Å². The summed E-state index contributed by atoms with van der Waals surface area (Å²) in [7, 11) is -3.79. The molecule has 0 heterocycles. The van der Waals surface area contributed by atoms with Crippen LogP contribution in [-0.2, 0) is 10.0 Å². The molecule has 8 heteroatoms. The first-order valence-electron chi connectivity index (χ1n) is 7.94. The van der Waals surface area contributed by atoms with Gasteiger partial charge in [-0.3, -0.25) is 4.72 Å². The Morgan fingerprint density at radius 3 is 1.93 bits per heavy atom. The molecular weight excluding hydrogens is 386 g/mol. The first-order valence-corrected chi connectivity index (χ1v) is 9.81. The van der Waals surface area contributed by atoms with Gasteiger partial charge in [-0.2, -0.15) is 0 Å². The number of carbonyl (C=O) groups excluding carboxylic acids is 1. The highest BCUT2D eigenvalue weighted by Crippen LogP contribution is 2.24. The third kappa shape index (κ3) is 4.99. The summed E-state index contributed by atoms with van der Waals surface area (Å²) in [5.74, 6) is 0. The Labute approximate surface area is 162 Å². The fourth-order valence-electron chi connectivity index (χ4n) is 2.28. The number of sulfonamides is 1. The molecule has 138 valence electrons.